The molecular formula is C22H23N3O4. The quantitative estimate of drug-likeness (QED) is 0.676. The molecule has 0 spiro atoms. The molecule has 29 heavy (non-hydrogen) atoms. The number of ether oxygens (including phenoxy) is 2. The lowest BCUT2D eigenvalue weighted by Gasteiger charge is -2.25. The third kappa shape index (κ3) is 3.23. The maximum atomic E-state index is 13.3. The van der Waals surface area contributed by atoms with Crippen LogP contribution in [0.25, 0.3) is 0 Å². The Bertz CT molecular complexity index is 966. The largest absolute Gasteiger partial charge is 0.497 e. The predicted molar refractivity (Wildman–Crippen MR) is 111 cm³/mol. The standard InChI is InChI=1S/C22H23N3O4/c1-28-15-10-14(11-16(12-15)29-2)25-19(7-8-26)21(27)20(22(25)23)18-9-13-5-3-4-6-17(13)24-18/h3-6,10-12,19,23-24,26H,7-9H2,1-2H3/t19-/m1/s1. The first-order valence-corrected chi connectivity index (χ1v) is 9.41. The number of nitrogens with zero attached hydrogens (tertiary/aromatic N) is 1. The van der Waals surface area contributed by atoms with E-state index < -0.39 is 6.04 Å². The van der Waals surface area contributed by atoms with Crippen LogP contribution in [0.3, 0.4) is 0 Å². The minimum absolute atomic E-state index is 0.110. The summed E-state index contributed by atoms with van der Waals surface area (Å²) in [5.74, 6) is 1.07. The number of carbonyl (C=O) groups is 1. The molecule has 0 aromatic heterocycles. The van der Waals surface area contributed by atoms with Gasteiger partial charge in [-0.25, -0.2) is 0 Å². The van der Waals surface area contributed by atoms with Crippen LogP contribution in [0.5, 0.6) is 11.5 Å². The van der Waals surface area contributed by atoms with Crippen molar-refractivity contribution in [3.05, 3.63) is 59.3 Å². The van der Waals surface area contributed by atoms with Crippen LogP contribution in [0.4, 0.5) is 11.4 Å². The molecule has 1 saturated heterocycles. The van der Waals surface area contributed by atoms with E-state index in [1.807, 2.05) is 24.3 Å². The van der Waals surface area contributed by atoms with Crippen LogP contribution in [0.2, 0.25) is 0 Å². The molecule has 2 aromatic rings. The topological polar surface area (TPSA) is 94.9 Å². The maximum Gasteiger partial charge on any atom is 0.191 e. The number of ketones is 1. The first kappa shape index (κ1) is 19.0. The Morgan fingerprint density at radius 1 is 1.17 bits per heavy atom. The fourth-order valence-electron chi connectivity index (χ4n) is 3.94. The van der Waals surface area contributed by atoms with Gasteiger partial charge in [0.1, 0.15) is 23.4 Å². The number of anilines is 2. The molecule has 150 valence electrons. The van der Waals surface area contributed by atoms with E-state index in [2.05, 4.69) is 5.32 Å². The van der Waals surface area contributed by atoms with Gasteiger partial charge in [0.25, 0.3) is 0 Å². The zero-order valence-electron chi connectivity index (χ0n) is 16.4. The molecule has 0 amide bonds. The summed E-state index contributed by atoms with van der Waals surface area (Å²) in [5, 5.41) is 21.7. The molecule has 2 aliphatic heterocycles. The predicted octanol–water partition coefficient (Wildman–Crippen LogP) is 2.74. The number of benzene rings is 2. The molecule has 0 radical (unpaired) electrons. The SMILES string of the molecule is COc1cc(OC)cc(N2C(=N)C(=C3Cc4ccccc4N3)C(=O)[C@H]2CCO)c1. The van der Waals surface area contributed by atoms with Gasteiger partial charge in [-0.3, -0.25) is 10.2 Å². The van der Waals surface area contributed by atoms with Crippen molar-refractivity contribution in [2.45, 2.75) is 18.9 Å². The van der Waals surface area contributed by atoms with Gasteiger partial charge >= 0.3 is 0 Å². The lowest BCUT2D eigenvalue weighted by molar-refractivity contribution is -0.115. The van der Waals surface area contributed by atoms with Gasteiger partial charge < -0.3 is 24.8 Å². The van der Waals surface area contributed by atoms with Gasteiger partial charge in [-0.15, -0.1) is 0 Å². The number of Topliss-reactive ketones (excluding diaryl/α,β-unsaturated/α-hetero) is 1. The monoisotopic (exact) mass is 393 g/mol. The number of hydrogen-bond acceptors (Lipinski definition) is 6. The zero-order valence-corrected chi connectivity index (χ0v) is 16.4. The van der Waals surface area contributed by atoms with Crippen LogP contribution in [0.15, 0.2) is 53.7 Å². The number of carbonyl (C=O) groups excluding carboxylic acids is 1. The maximum absolute atomic E-state index is 13.3. The van der Waals surface area contributed by atoms with Gasteiger partial charge in [0.05, 0.1) is 25.5 Å². The van der Waals surface area contributed by atoms with Crippen molar-refractivity contribution in [2.75, 3.05) is 31.0 Å². The lowest BCUT2D eigenvalue weighted by atomic mass is 10.0. The van der Waals surface area contributed by atoms with Crippen LogP contribution in [0, 0.1) is 5.41 Å². The Labute approximate surface area is 169 Å². The Morgan fingerprint density at radius 2 is 1.86 bits per heavy atom. The number of aliphatic hydroxyl groups excluding tert-OH is 1. The molecule has 0 unspecified atom stereocenters. The first-order valence-electron chi connectivity index (χ1n) is 9.41. The highest BCUT2D eigenvalue weighted by molar-refractivity contribution is 6.35. The second-order valence-corrected chi connectivity index (χ2v) is 6.99. The molecule has 2 aromatic carbocycles. The van der Waals surface area contributed by atoms with Crippen molar-refractivity contribution in [3.63, 3.8) is 0 Å². The van der Waals surface area contributed by atoms with Crippen LogP contribution in [0.1, 0.15) is 12.0 Å². The summed E-state index contributed by atoms with van der Waals surface area (Å²) in [6.45, 7) is -0.155. The van der Waals surface area contributed by atoms with E-state index in [1.165, 1.54) is 0 Å². The highest BCUT2D eigenvalue weighted by Crippen LogP contribution is 2.38. The number of rotatable bonds is 5. The molecule has 1 fully saturated rings. The normalized spacial score (nSPS) is 20.7. The molecule has 2 heterocycles. The second-order valence-electron chi connectivity index (χ2n) is 6.99. The Morgan fingerprint density at radius 3 is 2.48 bits per heavy atom. The molecule has 4 rings (SSSR count). The van der Waals surface area contributed by atoms with Crippen molar-refractivity contribution in [1.29, 1.82) is 5.41 Å². The molecule has 0 aliphatic carbocycles. The smallest absolute Gasteiger partial charge is 0.191 e. The fourth-order valence-corrected chi connectivity index (χ4v) is 3.94. The van der Waals surface area contributed by atoms with Crippen molar-refractivity contribution in [2.24, 2.45) is 0 Å². The fraction of sp³-hybridized carbons (Fsp3) is 0.273. The van der Waals surface area contributed by atoms with Gasteiger partial charge in [-0.1, -0.05) is 18.2 Å². The summed E-state index contributed by atoms with van der Waals surface area (Å²) in [5.41, 5.74) is 3.75. The van der Waals surface area contributed by atoms with Crippen molar-refractivity contribution >= 4 is 23.0 Å². The number of allylic oxidation sites excluding steroid dienone is 1. The van der Waals surface area contributed by atoms with E-state index in [9.17, 15) is 9.90 Å². The first-order chi connectivity index (χ1) is 14.1. The highest BCUT2D eigenvalue weighted by atomic mass is 16.5. The molecule has 0 bridgehead atoms. The average molecular weight is 393 g/mol. The van der Waals surface area contributed by atoms with E-state index in [-0.39, 0.29) is 24.6 Å². The third-order valence-corrected chi connectivity index (χ3v) is 5.33. The number of amidine groups is 1. The van der Waals surface area contributed by atoms with Gasteiger partial charge in [-0.05, 0) is 18.1 Å². The summed E-state index contributed by atoms with van der Waals surface area (Å²) < 4.78 is 10.7. The van der Waals surface area contributed by atoms with Crippen LogP contribution in [-0.4, -0.2) is 43.6 Å². The van der Waals surface area contributed by atoms with E-state index in [0.29, 0.717) is 29.2 Å². The number of nitrogens with one attached hydrogen (secondary N) is 2. The number of hydrogen-bond donors (Lipinski definition) is 3. The van der Waals surface area contributed by atoms with Gasteiger partial charge in [0.15, 0.2) is 5.78 Å². The van der Waals surface area contributed by atoms with Gasteiger partial charge in [0.2, 0.25) is 0 Å². The minimum atomic E-state index is -0.655. The summed E-state index contributed by atoms with van der Waals surface area (Å²) >= 11 is 0. The van der Waals surface area contributed by atoms with Crippen molar-refractivity contribution < 1.29 is 19.4 Å². The number of aliphatic hydroxyl groups is 1. The molecule has 7 nitrogen and oxygen atoms in total. The Balaban J connectivity index is 1.79. The summed E-state index contributed by atoms with van der Waals surface area (Å²) in [7, 11) is 3.11. The summed E-state index contributed by atoms with van der Waals surface area (Å²) in [6.07, 6.45) is 0.797. The van der Waals surface area contributed by atoms with Crippen LogP contribution >= 0.6 is 0 Å². The van der Waals surface area contributed by atoms with Crippen molar-refractivity contribution in [1.82, 2.24) is 0 Å². The van der Waals surface area contributed by atoms with Crippen LogP contribution in [-0.2, 0) is 11.2 Å². The second kappa shape index (κ2) is 7.60. The zero-order chi connectivity index (χ0) is 20.5. The summed E-state index contributed by atoms with van der Waals surface area (Å²) in [4.78, 5) is 14.9. The Hall–Kier alpha value is -3.32. The molecular weight excluding hydrogens is 370 g/mol. The molecule has 2 aliphatic rings. The van der Waals surface area contributed by atoms with E-state index in [4.69, 9.17) is 14.9 Å². The van der Waals surface area contributed by atoms with Crippen molar-refractivity contribution in [3.8, 4) is 11.5 Å². The highest BCUT2D eigenvalue weighted by Gasteiger charge is 2.43. The van der Waals surface area contributed by atoms with Gasteiger partial charge in [0, 0.05) is 42.6 Å². The third-order valence-electron chi connectivity index (χ3n) is 5.33. The van der Waals surface area contributed by atoms with E-state index >= 15 is 0 Å². The average Bonchev–Trinajstić information content (AvgIpc) is 3.26. The van der Waals surface area contributed by atoms with Crippen LogP contribution < -0.4 is 19.7 Å². The van der Waals surface area contributed by atoms with Gasteiger partial charge in [-0.2, -0.15) is 0 Å². The molecule has 3 N–H and O–H groups in total. The van der Waals surface area contributed by atoms with E-state index in [0.717, 1.165) is 16.9 Å². The number of methoxy groups -OCH3 is 2. The Kier molecular flexibility index (Phi) is 4.98. The molecule has 1 atom stereocenters. The summed E-state index contributed by atoms with van der Waals surface area (Å²) in [6, 6.07) is 12.5. The number of para-hydroxylation sites is 1. The number of fused-ring (bicyclic) bond motifs is 1. The molecule has 7 heteroatoms. The molecule has 0 saturated carbocycles. The van der Waals surface area contributed by atoms with E-state index in [1.54, 1.807) is 37.3 Å². The lowest BCUT2D eigenvalue weighted by Crippen LogP contribution is -2.36. The minimum Gasteiger partial charge on any atom is -0.497 e.